The summed E-state index contributed by atoms with van der Waals surface area (Å²) in [6, 6.07) is 11.9. The number of nitrogens with zero attached hydrogens (tertiary/aromatic N) is 2. The molecule has 122 valence electrons. The Hall–Kier alpha value is -2.66. The van der Waals surface area contributed by atoms with Crippen LogP contribution in [0.2, 0.25) is 0 Å². The predicted molar refractivity (Wildman–Crippen MR) is 101 cm³/mol. The van der Waals surface area contributed by atoms with Gasteiger partial charge in [0.25, 0.3) is 0 Å². The summed E-state index contributed by atoms with van der Waals surface area (Å²) < 4.78 is 1.26. The highest BCUT2D eigenvalue weighted by atomic mass is 32.1. The molecular weight excluding hydrogens is 318 g/mol. The molecule has 0 bridgehead atoms. The van der Waals surface area contributed by atoms with Crippen molar-refractivity contribution in [1.82, 2.24) is 9.88 Å². The van der Waals surface area contributed by atoms with Crippen molar-refractivity contribution in [1.29, 1.82) is 0 Å². The van der Waals surface area contributed by atoms with Crippen molar-refractivity contribution >= 4 is 39.2 Å². The number of benzene rings is 1. The third-order valence-corrected chi connectivity index (χ3v) is 5.03. The number of hydrogen-bond acceptors (Lipinski definition) is 4. The maximum Gasteiger partial charge on any atom is 0.246 e. The zero-order chi connectivity index (χ0) is 17.1. The van der Waals surface area contributed by atoms with E-state index in [2.05, 4.69) is 24.0 Å². The Morgan fingerprint density at radius 2 is 2.08 bits per heavy atom. The van der Waals surface area contributed by atoms with Crippen LogP contribution in [0.3, 0.4) is 0 Å². The standard InChI is InChI=1S/C19H19N3OS/c1-13-16(15-5-3-4-6-17(15)24-13)12-22(2)19(23)10-8-14-7-9-18(20)21-11-14/h3-11H,12H2,1-2H3,(H2,20,21). The number of anilines is 1. The van der Waals surface area contributed by atoms with E-state index < -0.39 is 0 Å². The van der Waals surface area contributed by atoms with Gasteiger partial charge in [-0.15, -0.1) is 11.3 Å². The molecule has 0 aliphatic carbocycles. The van der Waals surface area contributed by atoms with Crippen molar-refractivity contribution in [2.45, 2.75) is 13.5 Å². The molecule has 2 aromatic heterocycles. The Kier molecular flexibility index (Phi) is 4.62. The second-order valence-electron chi connectivity index (χ2n) is 5.68. The van der Waals surface area contributed by atoms with Gasteiger partial charge < -0.3 is 10.6 Å². The smallest absolute Gasteiger partial charge is 0.246 e. The number of nitrogens with two attached hydrogens (primary N) is 1. The van der Waals surface area contributed by atoms with Crippen LogP contribution in [0.25, 0.3) is 16.2 Å². The molecule has 1 amide bonds. The molecule has 0 spiro atoms. The zero-order valence-electron chi connectivity index (χ0n) is 13.7. The molecule has 4 nitrogen and oxygen atoms in total. The zero-order valence-corrected chi connectivity index (χ0v) is 14.5. The van der Waals surface area contributed by atoms with Crippen LogP contribution in [0, 0.1) is 6.92 Å². The number of amides is 1. The minimum atomic E-state index is -0.0403. The summed E-state index contributed by atoms with van der Waals surface area (Å²) >= 11 is 1.77. The maximum atomic E-state index is 12.4. The van der Waals surface area contributed by atoms with Crippen LogP contribution in [0.15, 0.2) is 48.7 Å². The maximum absolute atomic E-state index is 12.4. The first-order valence-corrected chi connectivity index (χ1v) is 8.48. The summed E-state index contributed by atoms with van der Waals surface area (Å²) in [5.41, 5.74) is 7.62. The summed E-state index contributed by atoms with van der Waals surface area (Å²) in [4.78, 5) is 19.3. The quantitative estimate of drug-likeness (QED) is 0.736. The average Bonchev–Trinajstić information content (AvgIpc) is 2.90. The van der Waals surface area contributed by atoms with Crippen LogP contribution in [0.5, 0.6) is 0 Å². The molecule has 0 unspecified atom stereocenters. The van der Waals surface area contributed by atoms with E-state index in [1.165, 1.54) is 20.5 Å². The minimum Gasteiger partial charge on any atom is -0.384 e. The Morgan fingerprint density at radius 1 is 1.29 bits per heavy atom. The SMILES string of the molecule is Cc1sc2ccccc2c1CN(C)C(=O)C=Cc1ccc(N)nc1. The third-order valence-electron chi connectivity index (χ3n) is 3.90. The summed E-state index contributed by atoms with van der Waals surface area (Å²) in [5.74, 6) is 0.428. The second kappa shape index (κ2) is 6.84. The van der Waals surface area contributed by atoms with E-state index in [4.69, 9.17) is 5.73 Å². The molecule has 0 atom stereocenters. The van der Waals surface area contributed by atoms with Crippen LogP contribution in [0.1, 0.15) is 16.0 Å². The fourth-order valence-electron chi connectivity index (χ4n) is 2.54. The molecule has 2 heterocycles. The highest BCUT2D eigenvalue weighted by molar-refractivity contribution is 7.19. The van der Waals surface area contributed by atoms with E-state index in [1.807, 2.05) is 25.2 Å². The van der Waals surface area contributed by atoms with E-state index in [1.54, 1.807) is 40.7 Å². The molecule has 0 aliphatic heterocycles. The lowest BCUT2D eigenvalue weighted by Crippen LogP contribution is -2.24. The minimum absolute atomic E-state index is 0.0403. The summed E-state index contributed by atoms with van der Waals surface area (Å²) in [6.07, 6.45) is 4.97. The van der Waals surface area contributed by atoms with Gasteiger partial charge in [-0.1, -0.05) is 18.2 Å². The highest BCUT2D eigenvalue weighted by Crippen LogP contribution is 2.31. The summed E-state index contributed by atoms with van der Waals surface area (Å²) in [5, 5.41) is 1.23. The van der Waals surface area contributed by atoms with Crippen LogP contribution in [0.4, 0.5) is 5.82 Å². The van der Waals surface area contributed by atoms with E-state index in [0.29, 0.717) is 12.4 Å². The van der Waals surface area contributed by atoms with Crippen molar-refractivity contribution < 1.29 is 4.79 Å². The summed E-state index contributed by atoms with van der Waals surface area (Å²) in [6.45, 7) is 2.70. The number of carbonyl (C=O) groups is 1. The van der Waals surface area contributed by atoms with Gasteiger partial charge in [0, 0.05) is 35.4 Å². The molecule has 3 rings (SSSR count). The Morgan fingerprint density at radius 3 is 2.83 bits per heavy atom. The van der Waals surface area contributed by atoms with Gasteiger partial charge in [-0.2, -0.15) is 0 Å². The van der Waals surface area contributed by atoms with Crippen LogP contribution >= 0.6 is 11.3 Å². The largest absolute Gasteiger partial charge is 0.384 e. The van der Waals surface area contributed by atoms with Gasteiger partial charge >= 0.3 is 0 Å². The lowest BCUT2D eigenvalue weighted by atomic mass is 10.1. The van der Waals surface area contributed by atoms with Gasteiger partial charge in [-0.05, 0) is 47.7 Å². The summed E-state index contributed by atoms with van der Waals surface area (Å²) in [7, 11) is 1.82. The number of aryl methyl sites for hydroxylation is 1. The molecule has 0 fully saturated rings. The number of pyridine rings is 1. The first-order valence-electron chi connectivity index (χ1n) is 7.66. The van der Waals surface area contributed by atoms with E-state index in [0.717, 1.165) is 5.56 Å². The van der Waals surface area contributed by atoms with Crippen molar-refractivity contribution in [3.8, 4) is 0 Å². The number of likely N-dealkylation sites (N-methyl/N-ethyl adjacent to an activating group) is 1. The van der Waals surface area contributed by atoms with Crippen molar-refractivity contribution in [3.63, 3.8) is 0 Å². The van der Waals surface area contributed by atoms with E-state index >= 15 is 0 Å². The molecule has 0 aliphatic rings. The number of hydrogen-bond donors (Lipinski definition) is 1. The second-order valence-corrected chi connectivity index (χ2v) is 6.93. The van der Waals surface area contributed by atoms with E-state index in [-0.39, 0.29) is 5.91 Å². The third kappa shape index (κ3) is 3.46. The van der Waals surface area contributed by atoms with Crippen LogP contribution in [-0.2, 0) is 11.3 Å². The molecule has 0 saturated heterocycles. The Balaban J connectivity index is 1.74. The van der Waals surface area contributed by atoms with Gasteiger partial charge in [-0.3, -0.25) is 4.79 Å². The van der Waals surface area contributed by atoms with Gasteiger partial charge in [0.15, 0.2) is 0 Å². The Labute approximate surface area is 145 Å². The van der Waals surface area contributed by atoms with Gasteiger partial charge in [-0.25, -0.2) is 4.98 Å². The van der Waals surface area contributed by atoms with Crippen molar-refractivity contribution in [3.05, 3.63) is 64.7 Å². The number of carbonyl (C=O) groups excluding carboxylic acids is 1. The molecule has 2 N–H and O–H groups in total. The van der Waals surface area contributed by atoms with Gasteiger partial charge in [0.2, 0.25) is 5.91 Å². The molecule has 5 heteroatoms. The average molecular weight is 337 g/mol. The fourth-order valence-corrected chi connectivity index (χ4v) is 3.62. The number of thiophene rings is 1. The Bertz CT molecular complexity index is 897. The van der Waals surface area contributed by atoms with Crippen LogP contribution < -0.4 is 5.73 Å². The van der Waals surface area contributed by atoms with Crippen LogP contribution in [-0.4, -0.2) is 22.8 Å². The number of nitrogen functional groups attached to an aromatic ring is 1. The number of aromatic nitrogens is 1. The lowest BCUT2D eigenvalue weighted by Gasteiger charge is -2.15. The first-order chi connectivity index (χ1) is 11.5. The highest BCUT2D eigenvalue weighted by Gasteiger charge is 2.13. The van der Waals surface area contributed by atoms with Gasteiger partial charge in [0.1, 0.15) is 5.82 Å². The lowest BCUT2D eigenvalue weighted by molar-refractivity contribution is -0.125. The van der Waals surface area contributed by atoms with E-state index in [9.17, 15) is 4.79 Å². The van der Waals surface area contributed by atoms with Crippen molar-refractivity contribution in [2.24, 2.45) is 0 Å². The number of fused-ring (bicyclic) bond motifs is 1. The topological polar surface area (TPSA) is 59.2 Å². The fraction of sp³-hybridized carbons (Fsp3) is 0.158. The number of rotatable bonds is 4. The molecule has 0 saturated carbocycles. The van der Waals surface area contributed by atoms with Crippen molar-refractivity contribution in [2.75, 3.05) is 12.8 Å². The monoisotopic (exact) mass is 337 g/mol. The molecule has 0 radical (unpaired) electrons. The normalized spacial score (nSPS) is 11.2. The first kappa shape index (κ1) is 16.2. The molecule has 24 heavy (non-hydrogen) atoms. The molecule has 1 aromatic carbocycles. The van der Waals surface area contributed by atoms with Gasteiger partial charge in [0.05, 0.1) is 0 Å². The predicted octanol–water partition coefficient (Wildman–Crippen LogP) is 3.86. The molecular formula is C19H19N3OS. The molecule has 3 aromatic rings.